The first kappa shape index (κ1) is 25.7. The van der Waals surface area contributed by atoms with Crippen LogP contribution in [0.2, 0.25) is 0 Å². The van der Waals surface area contributed by atoms with E-state index < -0.39 is 23.2 Å². The van der Waals surface area contributed by atoms with Crippen LogP contribution in [0, 0.1) is 5.41 Å². The number of phenolic OH excluding ortho intramolecular Hbond substituents is 1. The van der Waals surface area contributed by atoms with Crippen LogP contribution in [0.3, 0.4) is 0 Å². The number of rotatable bonds is 6. The Hall–Kier alpha value is -2.57. The largest absolute Gasteiger partial charge is 0.508 e. The van der Waals surface area contributed by atoms with Gasteiger partial charge in [0.05, 0.1) is 0 Å². The number of hydrogen-bond donors (Lipinski definition) is 3. The molecule has 2 amide bonds. The molecule has 3 N–H and O–H groups in total. The molecule has 1 aliphatic rings. The number of carbonyl (C=O) groups excluding carboxylic acids is 3. The van der Waals surface area contributed by atoms with Gasteiger partial charge in [-0.05, 0) is 51.3 Å². The Kier molecular flexibility index (Phi) is 8.32. The smallest absolute Gasteiger partial charge is 0.408 e. The highest BCUT2D eigenvalue weighted by Gasteiger charge is 2.30. The van der Waals surface area contributed by atoms with E-state index in [0.717, 1.165) is 32.1 Å². The van der Waals surface area contributed by atoms with E-state index in [4.69, 9.17) is 4.74 Å². The summed E-state index contributed by atoms with van der Waals surface area (Å²) in [7, 11) is 0. The standard InChI is InChI=1S/C25H38N2O5/c1-24(2,3)21(29)19-15-18(28)13-12-16(19)14-20(27-23(31)32-25(4,5)6)22(30)26-17-10-8-7-9-11-17/h12-13,15,17,20,28H,7-11,14H2,1-6H3,(H,26,30)(H,27,31)/t20-/m0/s1. The second-order valence-electron chi connectivity index (χ2n) is 10.7. The minimum absolute atomic E-state index is 0.0235. The molecule has 1 saturated carbocycles. The molecular weight excluding hydrogens is 408 g/mol. The maximum absolute atomic E-state index is 13.1. The van der Waals surface area contributed by atoms with Crippen LogP contribution in [0.25, 0.3) is 0 Å². The van der Waals surface area contributed by atoms with Crippen LogP contribution >= 0.6 is 0 Å². The minimum atomic E-state index is -0.914. The van der Waals surface area contributed by atoms with Gasteiger partial charge in [-0.15, -0.1) is 0 Å². The van der Waals surface area contributed by atoms with Gasteiger partial charge >= 0.3 is 6.09 Å². The maximum atomic E-state index is 13.1. The van der Waals surface area contributed by atoms with E-state index in [-0.39, 0.29) is 29.9 Å². The zero-order chi connectivity index (χ0) is 24.1. The number of Topliss-reactive ketones (excluding diaryl/α,β-unsaturated/α-hetero) is 1. The Bertz CT molecular complexity index is 830. The fourth-order valence-corrected chi connectivity index (χ4v) is 3.79. The number of aromatic hydroxyl groups is 1. The third-order valence-electron chi connectivity index (χ3n) is 5.40. The fourth-order valence-electron chi connectivity index (χ4n) is 3.79. The third-order valence-corrected chi connectivity index (χ3v) is 5.40. The van der Waals surface area contributed by atoms with Crippen molar-refractivity contribution < 1.29 is 24.2 Å². The Balaban J connectivity index is 2.30. The van der Waals surface area contributed by atoms with Crippen molar-refractivity contribution in [2.24, 2.45) is 5.41 Å². The molecule has 0 radical (unpaired) electrons. The molecule has 1 aromatic rings. The van der Waals surface area contributed by atoms with Crippen LogP contribution in [-0.4, -0.2) is 40.6 Å². The van der Waals surface area contributed by atoms with E-state index in [0.29, 0.717) is 11.1 Å². The van der Waals surface area contributed by atoms with Gasteiger partial charge in [0, 0.05) is 23.4 Å². The SMILES string of the molecule is CC(C)(C)OC(=O)N[C@@H](Cc1ccc(O)cc1C(=O)C(C)(C)C)C(=O)NC1CCCCC1. The lowest BCUT2D eigenvalue weighted by molar-refractivity contribution is -0.124. The summed E-state index contributed by atoms with van der Waals surface area (Å²) in [6.45, 7) is 10.7. The van der Waals surface area contributed by atoms with Crippen molar-refractivity contribution in [1.29, 1.82) is 0 Å². The van der Waals surface area contributed by atoms with Crippen molar-refractivity contribution in [3.63, 3.8) is 0 Å². The van der Waals surface area contributed by atoms with Gasteiger partial charge in [0.25, 0.3) is 0 Å². The summed E-state index contributed by atoms with van der Waals surface area (Å²) in [4.78, 5) is 38.6. The molecule has 1 fully saturated rings. The van der Waals surface area contributed by atoms with Crippen LogP contribution in [0.1, 0.15) is 89.6 Å². The predicted molar refractivity (Wildman–Crippen MR) is 124 cm³/mol. The monoisotopic (exact) mass is 446 g/mol. The summed E-state index contributed by atoms with van der Waals surface area (Å²) < 4.78 is 5.36. The second-order valence-corrected chi connectivity index (χ2v) is 10.7. The van der Waals surface area contributed by atoms with Gasteiger partial charge in [-0.25, -0.2) is 4.79 Å². The molecule has 1 atom stereocenters. The highest BCUT2D eigenvalue weighted by molar-refractivity contribution is 6.01. The molecule has 0 aromatic heterocycles. The first-order valence-corrected chi connectivity index (χ1v) is 11.4. The van der Waals surface area contributed by atoms with Gasteiger partial charge in [-0.2, -0.15) is 0 Å². The molecule has 0 saturated heterocycles. The summed E-state index contributed by atoms with van der Waals surface area (Å²) in [6, 6.07) is 3.70. The average Bonchev–Trinajstić information content (AvgIpc) is 2.66. The third kappa shape index (κ3) is 7.84. The highest BCUT2D eigenvalue weighted by Crippen LogP contribution is 2.27. The minimum Gasteiger partial charge on any atom is -0.508 e. The molecule has 2 rings (SSSR count). The lowest BCUT2D eigenvalue weighted by atomic mass is 9.83. The number of nitrogens with one attached hydrogen (secondary N) is 2. The number of benzene rings is 1. The zero-order valence-corrected chi connectivity index (χ0v) is 20.2. The van der Waals surface area contributed by atoms with Crippen LogP contribution in [-0.2, 0) is 16.0 Å². The summed E-state index contributed by atoms with van der Waals surface area (Å²) >= 11 is 0. The summed E-state index contributed by atoms with van der Waals surface area (Å²) in [6.07, 6.45) is 4.54. The van der Waals surface area contributed by atoms with E-state index >= 15 is 0 Å². The van der Waals surface area contributed by atoms with E-state index in [2.05, 4.69) is 10.6 Å². The van der Waals surface area contributed by atoms with Gasteiger partial charge in [0.2, 0.25) is 5.91 Å². The Labute approximate surface area is 191 Å². The van der Waals surface area contributed by atoms with Crippen molar-refractivity contribution >= 4 is 17.8 Å². The van der Waals surface area contributed by atoms with Crippen molar-refractivity contribution in [3.8, 4) is 5.75 Å². The second kappa shape index (κ2) is 10.4. The molecule has 0 heterocycles. The van der Waals surface area contributed by atoms with Gasteiger partial charge in [-0.3, -0.25) is 9.59 Å². The number of amides is 2. The molecule has 7 nitrogen and oxygen atoms in total. The topological polar surface area (TPSA) is 105 Å². The molecule has 32 heavy (non-hydrogen) atoms. The number of alkyl carbamates (subject to hydrolysis) is 1. The normalized spacial score (nSPS) is 16.2. The van der Waals surface area contributed by atoms with Crippen LogP contribution in [0.5, 0.6) is 5.75 Å². The first-order chi connectivity index (χ1) is 14.8. The molecule has 178 valence electrons. The lowest BCUT2D eigenvalue weighted by Crippen LogP contribution is -2.52. The Morgan fingerprint density at radius 3 is 2.25 bits per heavy atom. The van der Waals surface area contributed by atoms with Crippen molar-refractivity contribution in [1.82, 2.24) is 10.6 Å². The van der Waals surface area contributed by atoms with E-state index in [1.807, 2.05) is 0 Å². The van der Waals surface area contributed by atoms with Crippen LogP contribution in [0.15, 0.2) is 18.2 Å². The Morgan fingerprint density at radius 2 is 1.69 bits per heavy atom. The molecule has 1 aliphatic carbocycles. The molecule has 7 heteroatoms. The maximum Gasteiger partial charge on any atom is 0.408 e. The number of ketones is 1. The lowest BCUT2D eigenvalue weighted by Gasteiger charge is -2.28. The van der Waals surface area contributed by atoms with Crippen molar-refractivity contribution in [2.45, 2.75) is 97.8 Å². The molecule has 1 aromatic carbocycles. The fraction of sp³-hybridized carbons (Fsp3) is 0.640. The van der Waals surface area contributed by atoms with Gasteiger partial charge in [-0.1, -0.05) is 46.1 Å². The zero-order valence-electron chi connectivity index (χ0n) is 20.2. The summed E-state index contributed by atoms with van der Waals surface area (Å²) in [5.41, 5.74) is -0.442. The summed E-state index contributed by atoms with van der Waals surface area (Å²) in [5, 5.41) is 15.7. The first-order valence-electron chi connectivity index (χ1n) is 11.4. The number of phenols is 1. The molecular formula is C25H38N2O5. The van der Waals surface area contributed by atoms with E-state index in [9.17, 15) is 19.5 Å². The van der Waals surface area contributed by atoms with Crippen molar-refractivity contribution in [2.75, 3.05) is 0 Å². The van der Waals surface area contributed by atoms with Crippen LogP contribution in [0.4, 0.5) is 4.79 Å². The summed E-state index contributed by atoms with van der Waals surface area (Å²) in [5.74, 6) is -0.471. The predicted octanol–water partition coefficient (Wildman–Crippen LogP) is 4.51. The van der Waals surface area contributed by atoms with Gasteiger partial charge in [0.1, 0.15) is 17.4 Å². The number of ether oxygens (including phenoxy) is 1. The van der Waals surface area contributed by atoms with Crippen molar-refractivity contribution in [3.05, 3.63) is 29.3 Å². The van der Waals surface area contributed by atoms with Gasteiger partial charge in [0.15, 0.2) is 5.78 Å². The van der Waals surface area contributed by atoms with E-state index in [1.54, 1.807) is 47.6 Å². The quantitative estimate of drug-likeness (QED) is 0.558. The van der Waals surface area contributed by atoms with E-state index in [1.165, 1.54) is 12.1 Å². The molecule has 0 spiro atoms. The van der Waals surface area contributed by atoms with Gasteiger partial charge < -0.3 is 20.5 Å². The average molecular weight is 447 g/mol. The number of hydrogen-bond acceptors (Lipinski definition) is 5. The molecule has 0 bridgehead atoms. The highest BCUT2D eigenvalue weighted by atomic mass is 16.6. The van der Waals surface area contributed by atoms with Crippen LogP contribution < -0.4 is 10.6 Å². The molecule has 0 unspecified atom stereocenters. The number of carbonyl (C=O) groups is 3. The Morgan fingerprint density at radius 1 is 1.06 bits per heavy atom. The molecule has 0 aliphatic heterocycles.